The summed E-state index contributed by atoms with van der Waals surface area (Å²) in [5, 5.41) is 6.49. The van der Waals surface area contributed by atoms with Crippen LogP contribution in [0.15, 0.2) is 85.5 Å². The maximum atomic E-state index is 4.36. The van der Waals surface area contributed by atoms with Crippen molar-refractivity contribution >= 4 is 24.8 Å². The quantitative estimate of drug-likeness (QED) is 0.598. The van der Waals surface area contributed by atoms with Crippen LogP contribution >= 0.6 is 0 Å². The topological polar surface area (TPSA) is 49.8 Å². The van der Waals surface area contributed by atoms with Gasteiger partial charge in [0, 0.05) is 36.0 Å². The highest BCUT2D eigenvalue weighted by atomic mass is 15.0. The summed E-state index contributed by atoms with van der Waals surface area (Å²) in [4.78, 5) is 8.57. The highest BCUT2D eigenvalue weighted by Crippen LogP contribution is 2.15. The summed E-state index contributed by atoms with van der Waals surface area (Å²) < 4.78 is 0. The molecule has 0 bridgehead atoms. The summed E-state index contributed by atoms with van der Waals surface area (Å²) >= 11 is 0. The fourth-order valence-electron chi connectivity index (χ4n) is 2.90. The van der Waals surface area contributed by atoms with Crippen LogP contribution in [0.4, 0.5) is 11.5 Å². The number of allylic oxidation sites excluding steroid dienone is 2. The Hall–Kier alpha value is -3.34. The van der Waals surface area contributed by atoms with Gasteiger partial charge < -0.3 is 10.6 Å². The molecule has 28 heavy (non-hydrogen) atoms. The number of rotatable bonds is 8. The van der Waals surface area contributed by atoms with Crippen LogP contribution in [0.3, 0.4) is 0 Å². The van der Waals surface area contributed by atoms with Crippen molar-refractivity contribution in [3.63, 3.8) is 0 Å². The van der Waals surface area contributed by atoms with E-state index < -0.39 is 0 Å². The zero-order chi connectivity index (χ0) is 19.9. The van der Waals surface area contributed by atoms with Crippen molar-refractivity contribution in [2.45, 2.75) is 19.8 Å². The number of hydrogen-bond acceptors (Lipinski definition) is 4. The zero-order valence-electron chi connectivity index (χ0n) is 16.5. The van der Waals surface area contributed by atoms with Crippen LogP contribution in [0, 0.1) is 0 Å². The van der Waals surface area contributed by atoms with Gasteiger partial charge in [0.05, 0.1) is 5.69 Å². The molecule has 1 aromatic heterocycles. The average Bonchev–Trinajstić information content (AvgIpc) is 2.65. The van der Waals surface area contributed by atoms with Gasteiger partial charge in [-0.3, -0.25) is 0 Å². The Kier molecular flexibility index (Phi) is 6.27. The van der Waals surface area contributed by atoms with Crippen molar-refractivity contribution in [1.29, 1.82) is 0 Å². The lowest BCUT2D eigenvalue weighted by Gasteiger charge is -2.11. The lowest BCUT2D eigenvalue weighted by Crippen LogP contribution is -2.05. The lowest BCUT2D eigenvalue weighted by atomic mass is 9.96. The molecule has 0 aliphatic carbocycles. The largest absolute Gasteiger partial charge is 0.359 e. The molecule has 1 heterocycles. The number of aromatic nitrogens is 2. The van der Waals surface area contributed by atoms with E-state index in [1.807, 2.05) is 13.0 Å². The van der Waals surface area contributed by atoms with Crippen LogP contribution in [0.2, 0.25) is 0 Å². The standard InChI is InChI=1S/C23H25BN4/c1-16(2)27-23-14-22(25-15-26-23)13-19-6-4-18(5-7-19)12-17(3)28-21-10-8-20(24)9-11-21/h4-11,14-15,28H,1,3,12-13,24H2,2H3,(H,25,26,27). The van der Waals surface area contributed by atoms with Gasteiger partial charge in [0.15, 0.2) is 0 Å². The van der Waals surface area contributed by atoms with Crippen molar-refractivity contribution in [3.8, 4) is 0 Å². The monoisotopic (exact) mass is 368 g/mol. The molecule has 0 saturated carbocycles. The van der Waals surface area contributed by atoms with E-state index in [9.17, 15) is 0 Å². The van der Waals surface area contributed by atoms with Crippen molar-refractivity contribution in [1.82, 2.24) is 9.97 Å². The minimum atomic E-state index is 0.760. The minimum absolute atomic E-state index is 0.760. The third-order valence-electron chi connectivity index (χ3n) is 4.26. The molecule has 5 heteroatoms. The second kappa shape index (κ2) is 9.04. The Balaban J connectivity index is 1.58. The smallest absolute Gasteiger partial charge is 0.139 e. The van der Waals surface area contributed by atoms with E-state index in [-0.39, 0.29) is 0 Å². The Labute approximate surface area is 167 Å². The second-order valence-electron chi connectivity index (χ2n) is 7.06. The molecule has 140 valence electrons. The van der Waals surface area contributed by atoms with E-state index in [1.54, 1.807) is 6.33 Å². The van der Waals surface area contributed by atoms with Crippen molar-refractivity contribution < 1.29 is 0 Å². The molecule has 2 N–H and O–H groups in total. The van der Waals surface area contributed by atoms with Crippen LogP contribution in [-0.4, -0.2) is 17.8 Å². The van der Waals surface area contributed by atoms with E-state index in [0.717, 1.165) is 41.4 Å². The van der Waals surface area contributed by atoms with Gasteiger partial charge in [0.2, 0.25) is 0 Å². The van der Waals surface area contributed by atoms with Crippen molar-refractivity contribution in [2.24, 2.45) is 0 Å². The second-order valence-corrected chi connectivity index (χ2v) is 7.06. The summed E-state index contributed by atoms with van der Waals surface area (Å²) in [6.07, 6.45) is 3.13. The van der Waals surface area contributed by atoms with Gasteiger partial charge in [-0.05, 0) is 30.2 Å². The van der Waals surface area contributed by atoms with Gasteiger partial charge in [-0.1, -0.05) is 55.0 Å². The molecule has 0 aliphatic rings. The van der Waals surface area contributed by atoms with Gasteiger partial charge in [-0.2, -0.15) is 0 Å². The molecule has 2 aromatic carbocycles. The van der Waals surface area contributed by atoms with Crippen LogP contribution in [-0.2, 0) is 12.8 Å². The Morgan fingerprint density at radius 2 is 1.61 bits per heavy atom. The maximum Gasteiger partial charge on any atom is 0.139 e. The average molecular weight is 368 g/mol. The Morgan fingerprint density at radius 3 is 2.29 bits per heavy atom. The van der Waals surface area contributed by atoms with Gasteiger partial charge in [-0.25, -0.2) is 9.97 Å². The summed E-state index contributed by atoms with van der Waals surface area (Å²) in [6, 6.07) is 18.9. The fraction of sp³-hybridized carbons (Fsp3) is 0.130. The van der Waals surface area contributed by atoms with Gasteiger partial charge in [0.1, 0.15) is 20.0 Å². The first-order chi connectivity index (χ1) is 13.5. The van der Waals surface area contributed by atoms with Gasteiger partial charge in [-0.15, -0.1) is 0 Å². The van der Waals surface area contributed by atoms with E-state index in [1.165, 1.54) is 16.6 Å². The molecule has 4 nitrogen and oxygen atoms in total. The third kappa shape index (κ3) is 5.84. The molecule has 3 rings (SSSR count). The number of anilines is 2. The Morgan fingerprint density at radius 1 is 0.929 bits per heavy atom. The van der Waals surface area contributed by atoms with Crippen LogP contribution in [0.25, 0.3) is 0 Å². The molecule has 0 unspecified atom stereocenters. The van der Waals surface area contributed by atoms with Crippen LogP contribution < -0.4 is 16.1 Å². The number of benzene rings is 2. The van der Waals surface area contributed by atoms with Gasteiger partial charge >= 0.3 is 0 Å². The maximum absolute atomic E-state index is 4.36. The number of hydrogen-bond donors (Lipinski definition) is 2. The molecule has 0 radical (unpaired) electrons. The highest BCUT2D eigenvalue weighted by molar-refractivity contribution is 6.32. The summed E-state index contributed by atoms with van der Waals surface area (Å²) in [5.74, 6) is 0.771. The summed E-state index contributed by atoms with van der Waals surface area (Å²) in [7, 11) is 2.08. The first kappa shape index (κ1) is 19.4. The molecule has 0 fully saturated rings. The SMILES string of the molecule is Bc1ccc(NC(=C)Cc2ccc(Cc3cc(NC(=C)C)ncn3)cc2)cc1. The predicted molar refractivity (Wildman–Crippen MR) is 121 cm³/mol. The number of nitrogens with zero attached hydrogens (tertiary/aromatic N) is 2. The molecule has 0 aliphatic heterocycles. The van der Waals surface area contributed by atoms with E-state index in [0.29, 0.717) is 0 Å². The molecular weight excluding hydrogens is 343 g/mol. The number of nitrogens with one attached hydrogen (secondary N) is 2. The predicted octanol–water partition coefficient (Wildman–Crippen LogP) is 3.44. The molecule has 0 saturated heterocycles. The molecular formula is C23H25BN4. The van der Waals surface area contributed by atoms with E-state index >= 15 is 0 Å². The molecule has 0 atom stereocenters. The summed E-state index contributed by atoms with van der Waals surface area (Å²) in [5.41, 5.74) is 7.54. The van der Waals surface area contributed by atoms with Crippen LogP contribution in [0.1, 0.15) is 23.7 Å². The fourth-order valence-corrected chi connectivity index (χ4v) is 2.90. The third-order valence-corrected chi connectivity index (χ3v) is 4.26. The zero-order valence-corrected chi connectivity index (χ0v) is 16.5. The Bertz CT molecular complexity index is 963. The normalized spacial score (nSPS) is 10.3. The minimum Gasteiger partial charge on any atom is -0.359 e. The molecule has 0 spiro atoms. The first-order valence-electron chi connectivity index (χ1n) is 9.31. The van der Waals surface area contributed by atoms with Gasteiger partial charge in [0.25, 0.3) is 0 Å². The summed E-state index contributed by atoms with van der Waals surface area (Å²) in [6.45, 7) is 9.90. The highest BCUT2D eigenvalue weighted by Gasteiger charge is 2.03. The van der Waals surface area contributed by atoms with E-state index in [4.69, 9.17) is 0 Å². The van der Waals surface area contributed by atoms with Crippen LogP contribution in [0.5, 0.6) is 0 Å². The molecule has 0 amide bonds. The first-order valence-corrected chi connectivity index (χ1v) is 9.31. The van der Waals surface area contributed by atoms with Crippen molar-refractivity contribution in [3.05, 3.63) is 102 Å². The lowest BCUT2D eigenvalue weighted by molar-refractivity contribution is 1.02. The van der Waals surface area contributed by atoms with Crippen molar-refractivity contribution in [2.75, 3.05) is 10.6 Å². The molecule has 3 aromatic rings. The van der Waals surface area contributed by atoms with E-state index in [2.05, 4.69) is 90.1 Å².